The fraction of sp³-hybridized carbons (Fsp3) is 0.278. The summed E-state index contributed by atoms with van der Waals surface area (Å²) in [5.41, 5.74) is 2.46. The Bertz CT molecular complexity index is 660. The van der Waals surface area contributed by atoms with Crippen LogP contribution in [-0.2, 0) is 0 Å². The largest absolute Gasteiger partial charge is 0.338 e. The van der Waals surface area contributed by atoms with Gasteiger partial charge in [-0.2, -0.15) is 5.26 Å². The van der Waals surface area contributed by atoms with Crippen molar-refractivity contribution in [3.05, 3.63) is 48.5 Å². The lowest BCUT2D eigenvalue weighted by atomic mass is 10.1. The van der Waals surface area contributed by atoms with Gasteiger partial charge in [0.05, 0.1) is 23.9 Å². The van der Waals surface area contributed by atoms with E-state index in [1.54, 1.807) is 0 Å². The maximum absolute atomic E-state index is 9.11. The molecule has 4 heteroatoms. The zero-order valence-corrected chi connectivity index (χ0v) is 13.7. The Morgan fingerprint density at radius 1 is 1.05 bits per heavy atom. The van der Waals surface area contributed by atoms with Crippen LogP contribution in [0.2, 0.25) is 0 Å². The summed E-state index contributed by atoms with van der Waals surface area (Å²) in [7, 11) is 4.08. The standard InChI is InChI=1S/C18H19N3S/c1-20(2)14(11-12-19)13-21-15-7-3-5-9-17(15)22-18-10-6-4-8-16(18)21/h3-10,14H,11,13H2,1-2H3. The van der Waals surface area contributed by atoms with Gasteiger partial charge >= 0.3 is 0 Å². The molecule has 2 aromatic carbocycles. The third kappa shape index (κ3) is 2.83. The number of nitriles is 1. The molecular formula is C18H19N3S. The van der Waals surface area contributed by atoms with Crippen molar-refractivity contribution in [2.24, 2.45) is 0 Å². The number of nitrogens with zero attached hydrogens (tertiary/aromatic N) is 3. The second-order valence-corrected chi connectivity index (χ2v) is 6.71. The monoisotopic (exact) mass is 309 g/mol. The highest BCUT2D eigenvalue weighted by Crippen LogP contribution is 2.47. The van der Waals surface area contributed by atoms with Gasteiger partial charge in [-0.05, 0) is 38.4 Å². The maximum atomic E-state index is 9.11. The molecule has 0 radical (unpaired) electrons. The Morgan fingerprint density at radius 2 is 1.59 bits per heavy atom. The molecule has 0 amide bonds. The summed E-state index contributed by atoms with van der Waals surface area (Å²) in [6, 6.07) is 19.5. The number of hydrogen-bond donors (Lipinski definition) is 0. The van der Waals surface area contributed by atoms with Crippen LogP contribution in [0.5, 0.6) is 0 Å². The first-order valence-electron chi connectivity index (χ1n) is 7.37. The first kappa shape index (κ1) is 15.0. The van der Waals surface area contributed by atoms with E-state index in [-0.39, 0.29) is 6.04 Å². The van der Waals surface area contributed by atoms with E-state index < -0.39 is 0 Å². The molecule has 1 unspecified atom stereocenters. The lowest BCUT2D eigenvalue weighted by Crippen LogP contribution is -2.39. The van der Waals surface area contributed by atoms with Gasteiger partial charge in [-0.1, -0.05) is 36.0 Å². The quantitative estimate of drug-likeness (QED) is 0.849. The van der Waals surface area contributed by atoms with Gasteiger partial charge in [0.15, 0.2) is 0 Å². The molecule has 0 saturated heterocycles. The van der Waals surface area contributed by atoms with Gasteiger partial charge in [0.25, 0.3) is 0 Å². The number of anilines is 2. The van der Waals surface area contributed by atoms with Gasteiger partial charge in [-0.3, -0.25) is 0 Å². The predicted octanol–water partition coefficient (Wildman–Crippen LogP) is 4.13. The normalized spacial score (nSPS) is 14.2. The molecule has 0 spiro atoms. The maximum Gasteiger partial charge on any atom is 0.0638 e. The van der Waals surface area contributed by atoms with E-state index in [1.807, 2.05) is 25.9 Å². The molecule has 0 N–H and O–H groups in total. The van der Waals surface area contributed by atoms with Crippen LogP contribution in [0.1, 0.15) is 6.42 Å². The minimum absolute atomic E-state index is 0.203. The van der Waals surface area contributed by atoms with Crippen LogP contribution in [-0.4, -0.2) is 31.6 Å². The van der Waals surface area contributed by atoms with E-state index in [0.717, 1.165) is 6.54 Å². The number of likely N-dealkylation sites (N-methyl/N-ethyl adjacent to an activating group) is 1. The van der Waals surface area contributed by atoms with Crippen molar-refractivity contribution in [1.82, 2.24) is 4.90 Å². The van der Waals surface area contributed by atoms with Crippen molar-refractivity contribution in [3.63, 3.8) is 0 Å². The van der Waals surface area contributed by atoms with E-state index in [1.165, 1.54) is 21.2 Å². The van der Waals surface area contributed by atoms with E-state index >= 15 is 0 Å². The van der Waals surface area contributed by atoms with Gasteiger partial charge in [-0.25, -0.2) is 0 Å². The average molecular weight is 309 g/mol. The molecule has 22 heavy (non-hydrogen) atoms. The van der Waals surface area contributed by atoms with Crippen LogP contribution in [0, 0.1) is 11.3 Å². The molecule has 0 aromatic heterocycles. The van der Waals surface area contributed by atoms with Crippen molar-refractivity contribution in [3.8, 4) is 6.07 Å². The number of benzene rings is 2. The molecular weight excluding hydrogens is 290 g/mol. The molecule has 1 aliphatic rings. The summed E-state index contributed by atoms with van der Waals surface area (Å²) in [5, 5.41) is 9.11. The Morgan fingerprint density at radius 3 is 2.09 bits per heavy atom. The third-order valence-electron chi connectivity index (χ3n) is 3.98. The van der Waals surface area contributed by atoms with Gasteiger partial charge < -0.3 is 9.80 Å². The van der Waals surface area contributed by atoms with E-state index in [2.05, 4.69) is 64.4 Å². The molecule has 1 heterocycles. The van der Waals surface area contributed by atoms with Crippen molar-refractivity contribution < 1.29 is 0 Å². The van der Waals surface area contributed by atoms with Crippen molar-refractivity contribution >= 4 is 23.1 Å². The number of para-hydroxylation sites is 2. The fourth-order valence-corrected chi connectivity index (χ4v) is 3.80. The van der Waals surface area contributed by atoms with Crippen LogP contribution in [0.15, 0.2) is 58.3 Å². The Hall–Kier alpha value is -1.96. The fourth-order valence-electron chi connectivity index (χ4n) is 2.70. The first-order chi connectivity index (χ1) is 10.7. The molecule has 0 saturated carbocycles. The van der Waals surface area contributed by atoms with Gasteiger partial charge in [0.1, 0.15) is 0 Å². The predicted molar refractivity (Wildman–Crippen MR) is 91.7 cm³/mol. The van der Waals surface area contributed by atoms with Gasteiger partial charge in [0.2, 0.25) is 0 Å². The van der Waals surface area contributed by atoms with Gasteiger partial charge in [0, 0.05) is 22.4 Å². The minimum atomic E-state index is 0.203. The molecule has 112 valence electrons. The Labute approximate surface area is 136 Å². The number of rotatable bonds is 4. The van der Waals surface area contributed by atoms with Crippen LogP contribution >= 0.6 is 11.8 Å². The molecule has 1 atom stereocenters. The smallest absolute Gasteiger partial charge is 0.0638 e. The van der Waals surface area contributed by atoms with Crippen LogP contribution in [0.4, 0.5) is 11.4 Å². The van der Waals surface area contributed by atoms with Crippen LogP contribution < -0.4 is 4.90 Å². The molecule has 1 aliphatic heterocycles. The van der Waals surface area contributed by atoms with E-state index in [4.69, 9.17) is 5.26 Å². The second kappa shape index (κ2) is 6.43. The highest BCUT2D eigenvalue weighted by molar-refractivity contribution is 7.99. The zero-order chi connectivity index (χ0) is 15.5. The number of hydrogen-bond acceptors (Lipinski definition) is 4. The first-order valence-corrected chi connectivity index (χ1v) is 8.19. The van der Waals surface area contributed by atoms with Crippen LogP contribution in [0.25, 0.3) is 0 Å². The summed E-state index contributed by atoms with van der Waals surface area (Å²) in [4.78, 5) is 7.03. The second-order valence-electron chi connectivity index (χ2n) is 5.63. The molecule has 0 aliphatic carbocycles. The summed E-state index contributed by atoms with van der Waals surface area (Å²) in [6.45, 7) is 0.815. The molecule has 0 fully saturated rings. The minimum Gasteiger partial charge on any atom is -0.338 e. The number of fused-ring (bicyclic) bond motifs is 2. The third-order valence-corrected chi connectivity index (χ3v) is 5.11. The Kier molecular flexibility index (Phi) is 4.37. The van der Waals surface area contributed by atoms with Crippen molar-refractivity contribution in [2.75, 3.05) is 25.5 Å². The highest BCUT2D eigenvalue weighted by Gasteiger charge is 2.25. The SMILES string of the molecule is CN(C)C(CC#N)CN1c2ccccc2Sc2ccccc21. The van der Waals surface area contributed by atoms with Crippen LogP contribution in [0.3, 0.4) is 0 Å². The molecule has 3 rings (SSSR count). The molecule has 0 bridgehead atoms. The summed E-state index contributed by atoms with van der Waals surface area (Å²) < 4.78 is 0. The van der Waals surface area contributed by atoms with Gasteiger partial charge in [-0.15, -0.1) is 0 Å². The Balaban J connectivity index is 2.01. The lowest BCUT2D eigenvalue weighted by molar-refractivity contribution is 0.302. The average Bonchev–Trinajstić information content (AvgIpc) is 2.53. The molecule has 3 nitrogen and oxygen atoms in total. The lowest BCUT2D eigenvalue weighted by Gasteiger charge is -2.36. The van der Waals surface area contributed by atoms with Crippen molar-refractivity contribution in [2.45, 2.75) is 22.3 Å². The van der Waals surface area contributed by atoms with E-state index in [0.29, 0.717) is 6.42 Å². The summed E-state index contributed by atoms with van der Waals surface area (Å²) >= 11 is 1.81. The topological polar surface area (TPSA) is 30.3 Å². The summed E-state index contributed by atoms with van der Waals surface area (Å²) in [5.74, 6) is 0. The van der Waals surface area contributed by atoms with E-state index in [9.17, 15) is 0 Å². The highest BCUT2D eigenvalue weighted by atomic mass is 32.2. The zero-order valence-electron chi connectivity index (χ0n) is 12.9. The summed E-state index contributed by atoms with van der Waals surface area (Å²) in [6.07, 6.45) is 0.529. The van der Waals surface area contributed by atoms with Crippen molar-refractivity contribution in [1.29, 1.82) is 5.26 Å². The molecule has 2 aromatic rings.